The number of nitrogens with one attached hydrogen (secondary N) is 2. The molecule has 1 aromatic heterocycles. The molecule has 0 saturated carbocycles. The van der Waals surface area contributed by atoms with Crippen molar-refractivity contribution in [2.45, 2.75) is 19.8 Å². The first-order valence-corrected chi connectivity index (χ1v) is 6.81. The molecule has 0 atom stereocenters. The Morgan fingerprint density at radius 3 is 3.00 bits per heavy atom. The molecule has 0 spiro atoms. The summed E-state index contributed by atoms with van der Waals surface area (Å²) < 4.78 is 0. The number of amides is 1. The molecule has 17 heavy (non-hydrogen) atoms. The van der Waals surface area contributed by atoms with E-state index >= 15 is 0 Å². The highest BCUT2D eigenvalue weighted by Crippen LogP contribution is 2.00. The molecule has 1 heterocycles. The summed E-state index contributed by atoms with van der Waals surface area (Å²) in [5.41, 5.74) is 0. The predicted octanol–water partition coefficient (Wildman–Crippen LogP) is 0.212. The zero-order valence-electron chi connectivity index (χ0n) is 9.90. The SMILES string of the molecule is CCc1nc(C(=O)NCCSCCCO)n[nH]1. The highest BCUT2D eigenvalue weighted by atomic mass is 32.2. The molecule has 0 radical (unpaired) electrons. The Balaban J connectivity index is 2.16. The van der Waals surface area contributed by atoms with Gasteiger partial charge in [-0.2, -0.15) is 11.8 Å². The summed E-state index contributed by atoms with van der Waals surface area (Å²) >= 11 is 1.70. The molecule has 7 heteroatoms. The van der Waals surface area contributed by atoms with Crippen LogP contribution in [-0.2, 0) is 6.42 Å². The zero-order valence-corrected chi connectivity index (χ0v) is 10.7. The minimum atomic E-state index is -0.247. The van der Waals surface area contributed by atoms with E-state index < -0.39 is 0 Å². The highest BCUT2D eigenvalue weighted by molar-refractivity contribution is 7.99. The normalized spacial score (nSPS) is 10.5. The third-order valence-electron chi connectivity index (χ3n) is 2.05. The number of H-pyrrole nitrogens is 1. The molecule has 0 bridgehead atoms. The first-order chi connectivity index (χ1) is 8.27. The van der Waals surface area contributed by atoms with Gasteiger partial charge in [0.05, 0.1) is 0 Å². The minimum absolute atomic E-state index is 0.196. The van der Waals surface area contributed by atoms with E-state index in [2.05, 4.69) is 20.5 Å². The number of aliphatic hydroxyl groups excluding tert-OH is 1. The molecule has 0 aliphatic carbocycles. The van der Waals surface area contributed by atoms with Crippen molar-refractivity contribution in [2.75, 3.05) is 24.7 Å². The molecule has 0 unspecified atom stereocenters. The third kappa shape index (κ3) is 5.18. The third-order valence-corrected chi connectivity index (χ3v) is 3.12. The average molecular weight is 258 g/mol. The minimum Gasteiger partial charge on any atom is -0.396 e. The monoisotopic (exact) mass is 258 g/mol. The van der Waals surface area contributed by atoms with Crippen molar-refractivity contribution in [1.82, 2.24) is 20.5 Å². The van der Waals surface area contributed by atoms with E-state index in [1.807, 2.05) is 6.92 Å². The lowest BCUT2D eigenvalue weighted by atomic mass is 10.5. The Labute approximate surface area is 105 Å². The molecule has 1 rings (SSSR count). The van der Waals surface area contributed by atoms with Crippen molar-refractivity contribution < 1.29 is 9.90 Å². The number of aromatic amines is 1. The first-order valence-electron chi connectivity index (χ1n) is 5.66. The van der Waals surface area contributed by atoms with Gasteiger partial charge in [0.2, 0.25) is 5.82 Å². The smallest absolute Gasteiger partial charge is 0.290 e. The fourth-order valence-corrected chi connectivity index (χ4v) is 1.92. The Bertz CT molecular complexity index is 343. The number of thioether (sulfide) groups is 1. The number of aliphatic hydroxyl groups is 1. The summed E-state index contributed by atoms with van der Waals surface area (Å²) in [7, 11) is 0. The number of nitrogens with zero attached hydrogens (tertiary/aromatic N) is 2. The topological polar surface area (TPSA) is 90.9 Å². The summed E-state index contributed by atoms with van der Waals surface area (Å²) in [4.78, 5) is 15.6. The van der Waals surface area contributed by atoms with E-state index in [0.717, 1.165) is 24.3 Å². The van der Waals surface area contributed by atoms with Gasteiger partial charge < -0.3 is 10.4 Å². The highest BCUT2D eigenvalue weighted by Gasteiger charge is 2.10. The van der Waals surface area contributed by atoms with Crippen molar-refractivity contribution in [1.29, 1.82) is 0 Å². The lowest BCUT2D eigenvalue weighted by Gasteiger charge is -2.01. The van der Waals surface area contributed by atoms with Gasteiger partial charge in [0.25, 0.3) is 5.91 Å². The molecule has 1 amide bonds. The van der Waals surface area contributed by atoms with Crippen LogP contribution in [0.2, 0.25) is 0 Å². The van der Waals surface area contributed by atoms with Crippen LogP contribution in [0.5, 0.6) is 0 Å². The Morgan fingerprint density at radius 1 is 1.53 bits per heavy atom. The molecule has 1 aromatic rings. The van der Waals surface area contributed by atoms with E-state index in [1.165, 1.54) is 0 Å². The summed E-state index contributed by atoms with van der Waals surface area (Å²) in [6, 6.07) is 0. The molecule has 96 valence electrons. The Morgan fingerprint density at radius 2 is 2.35 bits per heavy atom. The number of hydrogen-bond acceptors (Lipinski definition) is 5. The van der Waals surface area contributed by atoms with Crippen molar-refractivity contribution in [3.8, 4) is 0 Å². The van der Waals surface area contributed by atoms with E-state index in [9.17, 15) is 4.79 Å². The van der Waals surface area contributed by atoms with E-state index in [0.29, 0.717) is 12.4 Å². The summed E-state index contributed by atoms with van der Waals surface area (Å²) in [6.45, 7) is 2.75. The lowest BCUT2D eigenvalue weighted by molar-refractivity contribution is 0.0946. The van der Waals surface area contributed by atoms with Gasteiger partial charge in [0.1, 0.15) is 5.82 Å². The molecule has 0 aliphatic heterocycles. The van der Waals surface area contributed by atoms with Crippen LogP contribution in [-0.4, -0.2) is 50.9 Å². The van der Waals surface area contributed by atoms with E-state index in [-0.39, 0.29) is 18.3 Å². The number of aromatic nitrogens is 3. The fraction of sp³-hybridized carbons (Fsp3) is 0.700. The zero-order chi connectivity index (χ0) is 12.5. The average Bonchev–Trinajstić information content (AvgIpc) is 2.82. The number of hydrogen-bond donors (Lipinski definition) is 3. The molecular weight excluding hydrogens is 240 g/mol. The molecule has 0 fully saturated rings. The standard InChI is InChI=1S/C10H18N4O2S/c1-2-8-12-9(14-13-8)10(16)11-4-7-17-6-3-5-15/h15H,2-7H2,1H3,(H,11,16)(H,12,13,14). The van der Waals surface area contributed by atoms with E-state index in [1.54, 1.807) is 11.8 Å². The fourth-order valence-electron chi connectivity index (χ4n) is 1.14. The maximum absolute atomic E-state index is 11.6. The summed E-state index contributed by atoms with van der Waals surface area (Å²) in [5, 5.41) is 17.9. The van der Waals surface area contributed by atoms with Crippen LogP contribution in [0.4, 0.5) is 0 Å². The van der Waals surface area contributed by atoms with Gasteiger partial charge >= 0.3 is 0 Å². The quantitative estimate of drug-likeness (QED) is 0.580. The number of carbonyl (C=O) groups excluding carboxylic acids is 1. The molecule has 0 aromatic carbocycles. The predicted molar refractivity (Wildman–Crippen MR) is 67.1 cm³/mol. The second-order valence-corrected chi connectivity index (χ2v) is 4.63. The second-order valence-electron chi connectivity index (χ2n) is 3.40. The number of aryl methyl sites for hydroxylation is 1. The van der Waals surface area contributed by atoms with Gasteiger partial charge in [-0.3, -0.25) is 9.89 Å². The Kier molecular flexibility index (Phi) is 6.64. The van der Waals surface area contributed by atoms with Gasteiger partial charge in [0.15, 0.2) is 0 Å². The van der Waals surface area contributed by atoms with Crippen molar-refractivity contribution in [2.24, 2.45) is 0 Å². The molecule has 0 aliphatic rings. The van der Waals surface area contributed by atoms with Crippen LogP contribution in [0.25, 0.3) is 0 Å². The second kappa shape index (κ2) is 8.08. The first kappa shape index (κ1) is 14.0. The maximum atomic E-state index is 11.6. The van der Waals surface area contributed by atoms with Gasteiger partial charge in [-0.15, -0.1) is 5.10 Å². The number of rotatable bonds is 8. The van der Waals surface area contributed by atoms with Gasteiger partial charge in [-0.1, -0.05) is 6.92 Å². The largest absolute Gasteiger partial charge is 0.396 e. The van der Waals surface area contributed by atoms with Crippen LogP contribution in [0.15, 0.2) is 0 Å². The van der Waals surface area contributed by atoms with Crippen molar-refractivity contribution in [3.63, 3.8) is 0 Å². The van der Waals surface area contributed by atoms with Crippen LogP contribution >= 0.6 is 11.8 Å². The van der Waals surface area contributed by atoms with Crippen LogP contribution in [0.1, 0.15) is 29.8 Å². The molecule has 6 nitrogen and oxygen atoms in total. The van der Waals surface area contributed by atoms with Crippen LogP contribution in [0.3, 0.4) is 0 Å². The molecule has 3 N–H and O–H groups in total. The molecule has 0 saturated heterocycles. The van der Waals surface area contributed by atoms with Crippen LogP contribution < -0.4 is 5.32 Å². The molecular formula is C10H18N4O2S. The van der Waals surface area contributed by atoms with Gasteiger partial charge in [-0.25, -0.2) is 4.98 Å². The number of carbonyl (C=O) groups is 1. The Hall–Kier alpha value is -1.08. The maximum Gasteiger partial charge on any atom is 0.290 e. The lowest BCUT2D eigenvalue weighted by Crippen LogP contribution is -2.26. The summed E-state index contributed by atoms with van der Waals surface area (Å²) in [5.74, 6) is 2.41. The van der Waals surface area contributed by atoms with Gasteiger partial charge in [0, 0.05) is 25.3 Å². The van der Waals surface area contributed by atoms with Crippen molar-refractivity contribution in [3.05, 3.63) is 11.6 Å². The van der Waals surface area contributed by atoms with Crippen LogP contribution in [0, 0.1) is 0 Å². The van der Waals surface area contributed by atoms with E-state index in [4.69, 9.17) is 5.11 Å². The van der Waals surface area contributed by atoms with Crippen molar-refractivity contribution >= 4 is 17.7 Å². The summed E-state index contributed by atoms with van der Waals surface area (Å²) in [6.07, 6.45) is 1.52. The van der Waals surface area contributed by atoms with Gasteiger partial charge in [-0.05, 0) is 12.2 Å².